The Kier molecular flexibility index (Phi) is 4.94. The van der Waals surface area contributed by atoms with Gasteiger partial charge in [-0.15, -0.1) is 0 Å². The second-order valence-electron chi connectivity index (χ2n) is 3.90. The number of benzene rings is 1. The third kappa shape index (κ3) is 3.12. The van der Waals surface area contributed by atoms with Crippen LogP contribution in [-0.4, -0.2) is 12.4 Å². The minimum atomic E-state index is 0.494. The lowest BCUT2D eigenvalue weighted by Crippen LogP contribution is -2.08. The Bertz CT molecular complexity index is 325. The fraction of sp³-hybridized carbons (Fsp3) is 0.500. The van der Waals surface area contributed by atoms with Crippen LogP contribution in [-0.2, 0) is 0 Å². The Morgan fingerprint density at radius 2 is 2.07 bits per heavy atom. The van der Waals surface area contributed by atoms with Crippen molar-refractivity contribution in [3.05, 3.63) is 28.8 Å². The molecule has 1 atom stereocenters. The van der Waals surface area contributed by atoms with E-state index < -0.39 is 0 Å². The molecule has 0 radical (unpaired) electrons. The first-order chi connectivity index (χ1) is 7.10. The fourth-order valence-electron chi connectivity index (χ4n) is 1.57. The van der Waals surface area contributed by atoms with Crippen LogP contribution in [0, 0.1) is 5.92 Å². The van der Waals surface area contributed by atoms with Crippen LogP contribution in [0.2, 0.25) is 5.02 Å². The number of hydrogen-bond acceptors (Lipinski definition) is 1. The van der Waals surface area contributed by atoms with Crippen molar-refractivity contribution in [2.45, 2.75) is 19.8 Å². The summed E-state index contributed by atoms with van der Waals surface area (Å²) in [4.78, 5) is 0. The van der Waals surface area contributed by atoms with Crippen molar-refractivity contribution in [2.75, 3.05) is 12.4 Å². The topological polar surface area (TPSA) is 9.23 Å². The summed E-state index contributed by atoms with van der Waals surface area (Å²) in [6.45, 7) is 4.42. The molecule has 0 saturated heterocycles. The van der Waals surface area contributed by atoms with Gasteiger partial charge in [-0.1, -0.05) is 47.4 Å². The number of alkyl halides is 1. The molecule has 0 N–H and O–H groups in total. The summed E-state index contributed by atoms with van der Waals surface area (Å²) in [5.41, 5.74) is 1.26. The number of methoxy groups -OCH3 is 1. The zero-order chi connectivity index (χ0) is 11.4. The highest BCUT2D eigenvalue weighted by atomic mass is 79.9. The van der Waals surface area contributed by atoms with E-state index in [4.69, 9.17) is 16.3 Å². The summed E-state index contributed by atoms with van der Waals surface area (Å²) in [5, 5.41) is 1.63. The maximum Gasteiger partial charge on any atom is 0.137 e. The molecule has 1 rings (SSSR count). The molecule has 3 heteroatoms. The molecule has 0 fully saturated rings. The van der Waals surface area contributed by atoms with Crippen molar-refractivity contribution >= 4 is 27.5 Å². The van der Waals surface area contributed by atoms with Crippen molar-refractivity contribution in [3.63, 3.8) is 0 Å². The molecule has 0 aliphatic rings. The lowest BCUT2D eigenvalue weighted by Gasteiger charge is -2.19. The number of rotatable bonds is 4. The average Bonchev–Trinajstić information content (AvgIpc) is 2.18. The standard InChI is InChI=1S/C12H16BrClO/c1-8(2)10(7-13)9-4-5-12(15-3)11(14)6-9/h4-6,8,10H,7H2,1-3H3. The zero-order valence-corrected chi connectivity index (χ0v) is 11.6. The van der Waals surface area contributed by atoms with E-state index in [1.165, 1.54) is 5.56 Å². The van der Waals surface area contributed by atoms with E-state index in [0.717, 1.165) is 11.1 Å². The highest BCUT2D eigenvalue weighted by Gasteiger charge is 2.15. The first-order valence-corrected chi connectivity index (χ1v) is 6.49. The molecule has 0 aromatic heterocycles. The van der Waals surface area contributed by atoms with E-state index in [9.17, 15) is 0 Å². The van der Waals surface area contributed by atoms with E-state index in [0.29, 0.717) is 16.9 Å². The molecule has 0 spiro atoms. The van der Waals surface area contributed by atoms with Gasteiger partial charge in [-0.3, -0.25) is 0 Å². The molecule has 0 aliphatic heterocycles. The zero-order valence-electron chi connectivity index (χ0n) is 9.26. The molecule has 1 aromatic rings. The predicted molar refractivity (Wildman–Crippen MR) is 69.4 cm³/mol. The largest absolute Gasteiger partial charge is 0.495 e. The Morgan fingerprint density at radius 3 is 2.47 bits per heavy atom. The van der Waals surface area contributed by atoms with Gasteiger partial charge in [-0.25, -0.2) is 0 Å². The smallest absolute Gasteiger partial charge is 0.137 e. The number of hydrogen-bond donors (Lipinski definition) is 0. The normalized spacial score (nSPS) is 12.9. The fourth-order valence-corrected chi connectivity index (χ4v) is 2.95. The second kappa shape index (κ2) is 5.76. The number of halogens is 2. The molecule has 1 nitrogen and oxygen atoms in total. The van der Waals surface area contributed by atoms with E-state index >= 15 is 0 Å². The lowest BCUT2D eigenvalue weighted by molar-refractivity contribution is 0.414. The van der Waals surface area contributed by atoms with Crippen molar-refractivity contribution in [2.24, 2.45) is 5.92 Å². The molecule has 84 valence electrons. The summed E-state index contributed by atoms with van der Waals surface area (Å²) >= 11 is 9.63. The summed E-state index contributed by atoms with van der Waals surface area (Å²) in [5.74, 6) is 1.82. The predicted octanol–water partition coefficient (Wildman–Crippen LogP) is 4.48. The lowest BCUT2D eigenvalue weighted by atomic mass is 9.90. The van der Waals surface area contributed by atoms with Crippen LogP contribution < -0.4 is 4.74 Å². The van der Waals surface area contributed by atoms with E-state index in [1.807, 2.05) is 12.1 Å². The van der Waals surface area contributed by atoms with Gasteiger partial charge in [0.05, 0.1) is 12.1 Å². The number of ether oxygens (including phenoxy) is 1. The molecule has 0 saturated carbocycles. The molecule has 1 unspecified atom stereocenters. The van der Waals surface area contributed by atoms with Gasteiger partial charge in [0.2, 0.25) is 0 Å². The highest BCUT2D eigenvalue weighted by Crippen LogP contribution is 2.32. The maximum atomic E-state index is 6.09. The monoisotopic (exact) mass is 290 g/mol. The van der Waals surface area contributed by atoms with E-state index in [-0.39, 0.29) is 0 Å². The Hall–Kier alpha value is -0.210. The Balaban J connectivity index is 3.00. The molecule has 15 heavy (non-hydrogen) atoms. The molecule has 0 heterocycles. The maximum absolute atomic E-state index is 6.09. The van der Waals surface area contributed by atoms with E-state index in [2.05, 4.69) is 35.8 Å². The SMILES string of the molecule is COc1ccc(C(CBr)C(C)C)cc1Cl. The minimum absolute atomic E-state index is 0.494. The van der Waals surface area contributed by atoms with Gasteiger partial charge in [0.15, 0.2) is 0 Å². The van der Waals surface area contributed by atoms with Crippen LogP contribution in [0.5, 0.6) is 5.75 Å². The van der Waals surface area contributed by atoms with Crippen LogP contribution >= 0.6 is 27.5 Å². The Labute approximate surface area is 105 Å². The molecule has 0 aliphatic carbocycles. The van der Waals surface area contributed by atoms with Gasteiger partial charge in [0, 0.05) is 5.33 Å². The third-order valence-corrected chi connectivity index (χ3v) is 3.57. The first-order valence-electron chi connectivity index (χ1n) is 4.99. The summed E-state index contributed by atoms with van der Waals surface area (Å²) in [7, 11) is 1.63. The van der Waals surface area contributed by atoms with Gasteiger partial charge in [-0.05, 0) is 29.5 Å². The second-order valence-corrected chi connectivity index (χ2v) is 4.95. The van der Waals surface area contributed by atoms with E-state index in [1.54, 1.807) is 7.11 Å². The van der Waals surface area contributed by atoms with Crippen molar-refractivity contribution in [1.29, 1.82) is 0 Å². The molecule has 0 amide bonds. The molecule has 1 aromatic carbocycles. The molecule has 0 bridgehead atoms. The van der Waals surface area contributed by atoms with Crippen LogP contribution in [0.4, 0.5) is 0 Å². The van der Waals surface area contributed by atoms with Gasteiger partial charge in [0.1, 0.15) is 5.75 Å². The van der Waals surface area contributed by atoms with Crippen molar-refractivity contribution in [3.8, 4) is 5.75 Å². The van der Waals surface area contributed by atoms with Crippen LogP contribution in [0.1, 0.15) is 25.3 Å². The van der Waals surface area contributed by atoms with Crippen LogP contribution in [0.15, 0.2) is 18.2 Å². The molecular formula is C12H16BrClO. The van der Waals surface area contributed by atoms with Crippen molar-refractivity contribution < 1.29 is 4.74 Å². The van der Waals surface area contributed by atoms with Gasteiger partial charge >= 0.3 is 0 Å². The molecular weight excluding hydrogens is 275 g/mol. The average molecular weight is 292 g/mol. The quantitative estimate of drug-likeness (QED) is 0.743. The van der Waals surface area contributed by atoms with Crippen LogP contribution in [0.25, 0.3) is 0 Å². The third-order valence-electron chi connectivity index (χ3n) is 2.57. The minimum Gasteiger partial charge on any atom is -0.495 e. The van der Waals surface area contributed by atoms with Gasteiger partial charge in [0.25, 0.3) is 0 Å². The van der Waals surface area contributed by atoms with Gasteiger partial charge in [-0.2, -0.15) is 0 Å². The highest BCUT2D eigenvalue weighted by molar-refractivity contribution is 9.09. The Morgan fingerprint density at radius 1 is 1.40 bits per heavy atom. The summed E-state index contributed by atoms with van der Waals surface area (Å²) in [6.07, 6.45) is 0. The van der Waals surface area contributed by atoms with Crippen LogP contribution in [0.3, 0.4) is 0 Å². The van der Waals surface area contributed by atoms with Crippen molar-refractivity contribution in [1.82, 2.24) is 0 Å². The summed E-state index contributed by atoms with van der Waals surface area (Å²) < 4.78 is 5.13. The first kappa shape index (κ1) is 12.9. The van der Waals surface area contributed by atoms with Gasteiger partial charge < -0.3 is 4.74 Å². The summed E-state index contributed by atoms with van der Waals surface area (Å²) in [6, 6.07) is 6.00.